The van der Waals surface area contributed by atoms with E-state index >= 15 is 0 Å². The molecular weight excluding hydrogens is 437 g/mol. The lowest BCUT2D eigenvalue weighted by atomic mass is 9.97. The van der Waals surface area contributed by atoms with E-state index in [1.807, 2.05) is 42.6 Å². The molecule has 1 N–H and O–H groups in total. The summed E-state index contributed by atoms with van der Waals surface area (Å²) in [4.78, 5) is 7.01. The van der Waals surface area contributed by atoms with E-state index < -0.39 is 0 Å². The van der Waals surface area contributed by atoms with Crippen molar-refractivity contribution in [1.29, 1.82) is 0 Å². The van der Waals surface area contributed by atoms with Crippen LogP contribution in [0.1, 0.15) is 35.6 Å². The number of nitrogens with zero attached hydrogens (tertiary/aromatic N) is 2. The fourth-order valence-corrected chi connectivity index (χ4v) is 4.72. The van der Waals surface area contributed by atoms with Gasteiger partial charge in [0, 0.05) is 33.9 Å². The third-order valence-electron chi connectivity index (χ3n) is 6.13. The predicted molar refractivity (Wildman–Crippen MR) is 135 cm³/mol. The summed E-state index contributed by atoms with van der Waals surface area (Å²) in [5.41, 5.74) is 5.61. The van der Waals surface area contributed by atoms with Crippen LogP contribution in [0.25, 0.3) is 10.9 Å². The van der Waals surface area contributed by atoms with Crippen molar-refractivity contribution in [2.45, 2.75) is 25.4 Å². The largest absolute Gasteiger partial charge is 0.374 e. The van der Waals surface area contributed by atoms with Crippen molar-refractivity contribution in [2.24, 2.45) is 0 Å². The van der Waals surface area contributed by atoms with Crippen LogP contribution >= 0.6 is 23.2 Å². The minimum atomic E-state index is -0.0191. The highest BCUT2D eigenvalue weighted by atomic mass is 35.5. The normalized spacial score (nSPS) is 15.2. The van der Waals surface area contributed by atoms with Crippen molar-refractivity contribution in [2.75, 3.05) is 18.4 Å². The number of anilines is 1. The molecule has 5 rings (SSSR count). The lowest BCUT2D eigenvalue weighted by molar-refractivity contribution is 0.331. The topological polar surface area (TPSA) is 28.2 Å². The Bertz CT molecular complexity index is 1200. The Balaban J connectivity index is 1.48. The second kappa shape index (κ2) is 9.50. The Labute approximate surface area is 199 Å². The molecule has 3 aromatic carbocycles. The quantitative estimate of drug-likeness (QED) is 0.325. The zero-order chi connectivity index (χ0) is 21.9. The number of benzene rings is 3. The van der Waals surface area contributed by atoms with Gasteiger partial charge in [-0.25, -0.2) is 0 Å². The molecule has 0 saturated carbocycles. The number of aromatic nitrogens is 1. The lowest BCUT2D eigenvalue weighted by Gasteiger charge is -2.23. The molecule has 0 bridgehead atoms. The fraction of sp³-hybridized carbons (Fsp3) is 0.222. The summed E-state index contributed by atoms with van der Waals surface area (Å²) in [6.07, 6.45) is 4.44. The van der Waals surface area contributed by atoms with Crippen LogP contribution in [0.2, 0.25) is 10.0 Å². The van der Waals surface area contributed by atoms with E-state index in [0.717, 1.165) is 33.7 Å². The van der Waals surface area contributed by atoms with Gasteiger partial charge < -0.3 is 5.32 Å². The van der Waals surface area contributed by atoms with Crippen LogP contribution in [0.3, 0.4) is 0 Å². The van der Waals surface area contributed by atoms with Crippen LogP contribution in [0.15, 0.2) is 79.0 Å². The molecule has 0 amide bonds. The summed E-state index contributed by atoms with van der Waals surface area (Å²) in [5, 5.41) is 6.21. The maximum atomic E-state index is 6.18. The summed E-state index contributed by atoms with van der Waals surface area (Å²) in [7, 11) is 0. The molecule has 0 aliphatic carbocycles. The van der Waals surface area contributed by atoms with Gasteiger partial charge >= 0.3 is 0 Å². The summed E-state index contributed by atoms with van der Waals surface area (Å²) in [6.45, 7) is 3.43. The molecular formula is C27H25Cl2N3. The van der Waals surface area contributed by atoms with Gasteiger partial charge in [-0.2, -0.15) is 0 Å². The average Bonchev–Trinajstić information content (AvgIpc) is 3.32. The molecule has 3 nitrogen and oxygen atoms in total. The highest BCUT2D eigenvalue weighted by Crippen LogP contribution is 2.32. The minimum Gasteiger partial charge on any atom is -0.374 e. The van der Waals surface area contributed by atoms with Crippen molar-refractivity contribution in [1.82, 2.24) is 9.88 Å². The highest BCUT2D eigenvalue weighted by Gasteiger charge is 2.17. The van der Waals surface area contributed by atoms with Gasteiger partial charge in [-0.05, 0) is 79.0 Å². The van der Waals surface area contributed by atoms with Gasteiger partial charge in [0.25, 0.3) is 0 Å². The molecule has 1 saturated heterocycles. The number of likely N-dealkylation sites (tertiary alicyclic amines) is 1. The van der Waals surface area contributed by atoms with Crippen LogP contribution in [0.4, 0.5) is 5.69 Å². The van der Waals surface area contributed by atoms with Gasteiger partial charge in [0.1, 0.15) is 0 Å². The number of rotatable bonds is 6. The van der Waals surface area contributed by atoms with Crippen LogP contribution in [-0.2, 0) is 6.54 Å². The Morgan fingerprint density at radius 1 is 0.812 bits per heavy atom. The first-order valence-corrected chi connectivity index (χ1v) is 11.8. The van der Waals surface area contributed by atoms with E-state index in [9.17, 15) is 0 Å². The molecule has 1 unspecified atom stereocenters. The number of halogens is 2. The molecule has 2 heterocycles. The number of hydrogen-bond donors (Lipinski definition) is 1. The Morgan fingerprint density at radius 2 is 1.47 bits per heavy atom. The summed E-state index contributed by atoms with van der Waals surface area (Å²) < 4.78 is 0. The van der Waals surface area contributed by atoms with E-state index in [1.165, 1.54) is 37.1 Å². The van der Waals surface area contributed by atoms with E-state index in [2.05, 4.69) is 51.6 Å². The summed E-state index contributed by atoms with van der Waals surface area (Å²) in [6, 6.07) is 24.8. The SMILES string of the molecule is Clc1ccc(C(Nc2ccnc3cc(Cl)ccc23)c2ccc(CN3CCCC3)cc2)cc1. The van der Waals surface area contributed by atoms with Crippen molar-refractivity contribution in [3.05, 3.63) is 106 Å². The first-order chi connectivity index (χ1) is 15.7. The maximum absolute atomic E-state index is 6.18. The molecule has 1 aliphatic heterocycles. The average molecular weight is 462 g/mol. The second-order valence-electron chi connectivity index (χ2n) is 8.37. The van der Waals surface area contributed by atoms with Gasteiger partial charge in [0.2, 0.25) is 0 Å². The number of hydrogen-bond acceptors (Lipinski definition) is 3. The second-order valence-corrected chi connectivity index (χ2v) is 9.25. The summed E-state index contributed by atoms with van der Waals surface area (Å²) >= 11 is 12.4. The minimum absolute atomic E-state index is 0.0191. The zero-order valence-corrected chi connectivity index (χ0v) is 19.3. The number of fused-ring (bicyclic) bond motifs is 1. The third kappa shape index (κ3) is 4.75. The van der Waals surface area contributed by atoms with Crippen molar-refractivity contribution in [3.63, 3.8) is 0 Å². The predicted octanol–water partition coefficient (Wildman–Crippen LogP) is 7.34. The molecule has 5 heteroatoms. The third-order valence-corrected chi connectivity index (χ3v) is 6.61. The number of pyridine rings is 1. The molecule has 32 heavy (non-hydrogen) atoms. The van der Waals surface area contributed by atoms with Gasteiger partial charge in [0.15, 0.2) is 0 Å². The first-order valence-electron chi connectivity index (χ1n) is 11.0. The van der Waals surface area contributed by atoms with Crippen molar-refractivity contribution in [3.8, 4) is 0 Å². The lowest BCUT2D eigenvalue weighted by Crippen LogP contribution is -2.18. The molecule has 1 atom stereocenters. The van der Waals surface area contributed by atoms with E-state index in [-0.39, 0.29) is 6.04 Å². The van der Waals surface area contributed by atoms with Crippen LogP contribution in [0, 0.1) is 0 Å². The number of nitrogens with one attached hydrogen (secondary N) is 1. The van der Waals surface area contributed by atoms with Crippen LogP contribution < -0.4 is 5.32 Å². The molecule has 0 spiro atoms. The van der Waals surface area contributed by atoms with E-state index in [1.54, 1.807) is 0 Å². The van der Waals surface area contributed by atoms with E-state index in [0.29, 0.717) is 5.02 Å². The fourth-order valence-electron chi connectivity index (χ4n) is 4.43. The van der Waals surface area contributed by atoms with Gasteiger partial charge in [0.05, 0.1) is 11.6 Å². The Kier molecular flexibility index (Phi) is 6.31. The molecule has 162 valence electrons. The molecule has 4 aromatic rings. The van der Waals surface area contributed by atoms with Gasteiger partial charge in [-0.15, -0.1) is 0 Å². The maximum Gasteiger partial charge on any atom is 0.0767 e. The Morgan fingerprint density at radius 3 is 2.19 bits per heavy atom. The molecule has 1 aromatic heterocycles. The highest BCUT2D eigenvalue weighted by molar-refractivity contribution is 6.31. The van der Waals surface area contributed by atoms with Crippen LogP contribution in [-0.4, -0.2) is 23.0 Å². The standard InChI is InChI=1S/C27H25Cl2N3/c28-22-9-7-21(8-10-22)27(20-5-3-19(4-6-20)18-32-15-1-2-16-32)31-25-13-14-30-26-17-23(29)11-12-24(25)26/h3-14,17,27H,1-2,15-16,18H2,(H,30,31). The molecule has 1 aliphatic rings. The molecule has 0 radical (unpaired) electrons. The van der Waals surface area contributed by atoms with Crippen molar-refractivity contribution < 1.29 is 0 Å². The van der Waals surface area contributed by atoms with Gasteiger partial charge in [-0.1, -0.05) is 59.6 Å². The summed E-state index contributed by atoms with van der Waals surface area (Å²) in [5.74, 6) is 0. The van der Waals surface area contributed by atoms with Crippen molar-refractivity contribution >= 4 is 39.8 Å². The van der Waals surface area contributed by atoms with E-state index in [4.69, 9.17) is 23.2 Å². The molecule has 1 fully saturated rings. The Hall–Kier alpha value is -2.59. The monoisotopic (exact) mass is 461 g/mol. The van der Waals surface area contributed by atoms with Crippen LogP contribution in [0.5, 0.6) is 0 Å². The first kappa shape index (κ1) is 21.3. The zero-order valence-electron chi connectivity index (χ0n) is 17.8. The van der Waals surface area contributed by atoms with Gasteiger partial charge in [-0.3, -0.25) is 9.88 Å². The smallest absolute Gasteiger partial charge is 0.0767 e.